The zero-order valence-electron chi connectivity index (χ0n) is 13.2. The topological polar surface area (TPSA) is 62.7 Å². The van der Waals surface area contributed by atoms with Crippen molar-refractivity contribution in [2.24, 2.45) is 0 Å². The second kappa shape index (κ2) is 7.98. The number of alkyl halides is 3. The Bertz CT molecular complexity index is 831. The van der Waals surface area contributed by atoms with Crippen LogP contribution in [0.5, 0.6) is 0 Å². The van der Waals surface area contributed by atoms with Crippen LogP contribution >= 0.6 is 23.8 Å². The molecule has 0 aliphatic heterocycles. The molecule has 1 amide bonds. The summed E-state index contributed by atoms with van der Waals surface area (Å²) in [7, 11) is 1.19. The van der Waals surface area contributed by atoms with Gasteiger partial charge in [0.05, 0.1) is 19.4 Å². The maximum Gasteiger partial charge on any atom is 0.433 e. The van der Waals surface area contributed by atoms with E-state index in [0.717, 1.165) is 4.90 Å². The Morgan fingerprint density at radius 1 is 1.35 bits per heavy atom. The fourth-order valence-electron chi connectivity index (χ4n) is 2.14. The Kier molecular flexibility index (Phi) is 6.17. The number of benzene rings is 1. The average Bonchev–Trinajstić information content (AvgIpc) is 2.62. The van der Waals surface area contributed by atoms with Crippen molar-refractivity contribution < 1.29 is 27.8 Å². The molecule has 0 aliphatic carbocycles. The quantitative estimate of drug-likeness (QED) is 0.622. The number of halogens is 4. The van der Waals surface area contributed by atoms with Gasteiger partial charge >= 0.3 is 6.18 Å². The second-order valence-corrected chi connectivity index (χ2v) is 5.65. The molecule has 1 heterocycles. The van der Waals surface area contributed by atoms with Gasteiger partial charge in [-0.15, -0.1) is 0 Å². The summed E-state index contributed by atoms with van der Waals surface area (Å²) >= 11 is 10.9. The summed E-state index contributed by atoms with van der Waals surface area (Å²) in [5.41, 5.74) is -1.67. The van der Waals surface area contributed by atoms with E-state index < -0.39 is 29.5 Å². The maximum absolute atomic E-state index is 12.9. The Labute approximate surface area is 157 Å². The Morgan fingerprint density at radius 2 is 1.96 bits per heavy atom. The molecule has 0 atom stereocenters. The number of anilines is 1. The highest BCUT2D eigenvalue weighted by Gasteiger charge is 2.36. The SMILES string of the molecule is COC(=S)N(C(=O)c1ccccc1)c1c(CO)cc(C(F)(F)F)nc1Cl. The molecule has 10 heteroatoms. The zero-order valence-corrected chi connectivity index (χ0v) is 14.8. The highest BCUT2D eigenvalue weighted by Crippen LogP contribution is 2.36. The number of hydrogen-bond acceptors (Lipinski definition) is 5. The molecule has 0 spiro atoms. The van der Waals surface area contributed by atoms with Crippen molar-refractivity contribution in [3.8, 4) is 0 Å². The molecule has 138 valence electrons. The lowest BCUT2D eigenvalue weighted by Crippen LogP contribution is -2.38. The Hall–Kier alpha value is -2.23. The fraction of sp³-hybridized carbons (Fsp3) is 0.188. The minimum absolute atomic E-state index is 0.187. The van der Waals surface area contributed by atoms with Gasteiger partial charge in [0.25, 0.3) is 11.1 Å². The number of nitrogens with zero attached hydrogens (tertiary/aromatic N) is 2. The summed E-state index contributed by atoms with van der Waals surface area (Å²) in [5.74, 6) is -0.699. The number of carbonyl (C=O) groups excluding carboxylic acids is 1. The van der Waals surface area contributed by atoms with Crippen LogP contribution in [-0.4, -0.2) is 28.3 Å². The van der Waals surface area contributed by atoms with Gasteiger partial charge in [-0.25, -0.2) is 9.88 Å². The van der Waals surface area contributed by atoms with Crippen molar-refractivity contribution in [3.63, 3.8) is 0 Å². The second-order valence-electron chi connectivity index (χ2n) is 4.94. The molecular formula is C16H12ClF3N2O3S. The normalized spacial score (nSPS) is 11.2. The molecule has 0 fully saturated rings. The summed E-state index contributed by atoms with van der Waals surface area (Å²) in [5, 5.41) is 8.50. The average molecular weight is 405 g/mol. The molecule has 0 aliphatic rings. The molecule has 26 heavy (non-hydrogen) atoms. The van der Waals surface area contributed by atoms with Crippen LogP contribution in [0.1, 0.15) is 21.6 Å². The Balaban J connectivity index is 2.66. The van der Waals surface area contributed by atoms with Gasteiger partial charge in [-0.1, -0.05) is 29.8 Å². The smallest absolute Gasteiger partial charge is 0.433 e. The number of aliphatic hydroxyl groups is 1. The summed E-state index contributed by atoms with van der Waals surface area (Å²) in [4.78, 5) is 16.9. The minimum Gasteiger partial charge on any atom is -0.474 e. The predicted octanol–water partition coefficient (Wildman–Crippen LogP) is 3.82. The van der Waals surface area contributed by atoms with Crippen LogP contribution in [0.15, 0.2) is 36.4 Å². The minimum atomic E-state index is -4.78. The van der Waals surface area contributed by atoms with Crippen LogP contribution in [0, 0.1) is 0 Å². The number of carbonyl (C=O) groups is 1. The van der Waals surface area contributed by atoms with Crippen molar-refractivity contribution in [2.75, 3.05) is 12.0 Å². The molecule has 2 rings (SSSR count). The first-order valence-corrected chi connectivity index (χ1v) is 7.84. The van der Waals surface area contributed by atoms with Gasteiger partial charge in [0.1, 0.15) is 5.69 Å². The van der Waals surface area contributed by atoms with E-state index in [1.54, 1.807) is 18.2 Å². The van der Waals surface area contributed by atoms with Crippen molar-refractivity contribution in [1.29, 1.82) is 0 Å². The van der Waals surface area contributed by atoms with Crippen molar-refractivity contribution in [1.82, 2.24) is 4.98 Å². The van der Waals surface area contributed by atoms with Gasteiger partial charge in [0.15, 0.2) is 5.15 Å². The maximum atomic E-state index is 12.9. The van der Waals surface area contributed by atoms with Gasteiger partial charge in [-0.3, -0.25) is 4.79 Å². The lowest BCUT2D eigenvalue weighted by Gasteiger charge is -2.25. The number of aliphatic hydroxyl groups excluding tert-OH is 1. The lowest BCUT2D eigenvalue weighted by atomic mass is 10.1. The molecular weight excluding hydrogens is 393 g/mol. The van der Waals surface area contributed by atoms with E-state index in [-0.39, 0.29) is 22.0 Å². The molecule has 1 N–H and O–H groups in total. The summed E-state index contributed by atoms with van der Waals surface area (Å²) in [6, 6.07) is 8.45. The monoisotopic (exact) mass is 404 g/mol. The van der Waals surface area contributed by atoms with Crippen LogP contribution in [0.2, 0.25) is 5.15 Å². The number of aromatic nitrogens is 1. The van der Waals surface area contributed by atoms with Crippen molar-refractivity contribution >= 4 is 40.6 Å². The number of hydrogen-bond donors (Lipinski definition) is 1. The van der Waals surface area contributed by atoms with Crippen LogP contribution < -0.4 is 4.90 Å². The fourth-order valence-corrected chi connectivity index (χ4v) is 2.61. The number of rotatable bonds is 3. The standard InChI is InChI=1S/C16H12ClF3N2O3S/c1-25-15(26)22(14(24)9-5-3-2-4-6-9)12-10(8-23)7-11(16(18,19)20)21-13(12)17/h2-7,23H,8H2,1H3. The van der Waals surface area contributed by atoms with Crippen LogP contribution in [0.3, 0.4) is 0 Å². The summed E-state index contributed by atoms with van der Waals surface area (Å²) in [6.07, 6.45) is -4.78. The number of amides is 1. The number of thiocarbonyl (C=S) groups is 1. The molecule has 2 aromatic rings. The van der Waals surface area contributed by atoms with Gasteiger partial charge in [0, 0.05) is 11.1 Å². The summed E-state index contributed by atoms with van der Waals surface area (Å²) in [6.45, 7) is -0.828. The molecule has 0 bridgehead atoms. The molecule has 1 aromatic carbocycles. The number of ether oxygens (including phenoxy) is 1. The van der Waals surface area contributed by atoms with E-state index in [0.29, 0.717) is 6.07 Å². The first-order valence-electron chi connectivity index (χ1n) is 7.05. The highest BCUT2D eigenvalue weighted by molar-refractivity contribution is 7.80. The van der Waals surface area contributed by atoms with E-state index >= 15 is 0 Å². The summed E-state index contributed by atoms with van der Waals surface area (Å²) < 4.78 is 43.7. The largest absolute Gasteiger partial charge is 0.474 e. The van der Waals surface area contributed by atoms with Gasteiger partial charge < -0.3 is 9.84 Å². The van der Waals surface area contributed by atoms with E-state index in [9.17, 15) is 23.1 Å². The lowest BCUT2D eigenvalue weighted by molar-refractivity contribution is -0.141. The van der Waals surface area contributed by atoms with E-state index in [1.807, 2.05) is 0 Å². The third-order valence-corrected chi connectivity index (χ3v) is 3.91. The van der Waals surface area contributed by atoms with Gasteiger partial charge in [-0.05, 0) is 30.4 Å². The van der Waals surface area contributed by atoms with Gasteiger partial charge in [0.2, 0.25) is 0 Å². The van der Waals surface area contributed by atoms with E-state index in [4.69, 9.17) is 28.6 Å². The van der Waals surface area contributed by atoms with Crippen LogP contribution in [-0.2, 0) is 17.5 Å². The number of methoxy groups -OCH3 is 1. The number of pyridine rings is 1. The first kappa shape index (κ1) is 20.1. The highest BCUT2D eigenvalue weighted by atomic mass is 35.5. The van der Waals surface area contributed by atoms with Crippen LogP contribution in [0.25, 0.3) is 0 Å². The molecule has 0 unspecified atom stereocenters. The molecule has 1 aromatic heterocycles. The van der Waals surface area contributed by atoms with Crippen LogP contribution in [0.4, 0.5) is 18.9 Å². The van der Waals surface area contributed by atoms with Gasteiger partial charge in [-0.2, -0.15) is 13.2 Å². The molecule has 0 saturated heterocycles. The van der Waals surface area contributed by atoms with Crippen molar-refractivity contribution in [2.45, 2.75) is 12.8 Å². The van der Waals surface area contributed by atoms with E-state index in [2.05, 4.69) is 4.98 Å². The first-order chi connectivity index (χ1) is 12.2. The molecule has 0 saturated carbocycles. The predicted molar refractivity (Wildman–Crippen MR) is 93.0 cm³/mol. The van der Waals surface area contributed by atoms with E-state index in [1.165, 1.54) is 19.2 Å². The third kappa shape index (κ3) is 4.12. The molecule has 0 radical (unpaired) electrons. The molecule has 5 nitrogen and oxygen atoms in total. The Morgan fingerprint density at radius 3 is 2.46 bits per heavy atom. The zero-order chi connectivity index (χ0) is 19.5. The van der Waals surface area contributed by atoms with Crippen molar-refractivity contribution in [3.05, 3.63) is 58.4 Å². The third-order valence-electron chi connectivity index (χ3n) is 3.29.